The third-order valence-electron chi connectivity index (χ3n) is 6.44. The Kier molecular flexibility index (Phi) is 8.79. The summed E-state index contributed by atoms with van der Waals surface area (Å²) in [5.41, 5.74) is -0.695. The van der Waals surface area contributed by atoms with Gasteiger partial charge in [0.05, 0.1) is 21.6 Å². The van der Waals surface area contributed by atoms with Crippen LogP contribution >= 0.6 is 23.2 Å². The molecule has 0 unspecified atom stereocenters. The Morgan fingerprint density at radius 3 is 2.21 bits per heavy atom. The Morgan fingerprint density at radius 1 is 0.915 bits per heavy atom. The van der Waals surface area contributed by atoms with Crippen molar-refractivity contribution in [2.24, 2.45) is 15.3 Å². The highest BCUT2D eigenvalue weighted by molar-refractivity contribution is 7.86. The Bertz CT molecular complexity index is 2320. The maximum atomic E-state index is 13.2. The number of halogens is 2. The lowest BCUT2D eigenvalue weighted by Gasteiger charge is -2.15. The summed E-state index contributed by atoms with van der Waals surface area (Å²) in [6.45, 7) is 1.37. The molecule has 21 heteroatoms. The number of hydrogen-bond donors (Lipinski definition) is 4. The van der Waals surface area contributed by atoms with Crippen LogP contribution in [0.2, 0.25) is 10.3 Å². The molecule has 1 aromatic heterocycles. The summed E-state index contributed by atoms with van der Waals surface area (Å²) in [6.07, 6.45) is 0. The lowest BCUT2D eigenvalue weighted by molar-refractivity contribution is -0.130. The molecule has 5 rings (SSSR count). The van der Waals surface area contributed by atoms with Crippen molar-refractivity contribution in [1.29, 1.82) is 0 Å². The van der Waals surface area contributed by atoms with Gasteiger partial charge in [-0.25, -0.2) is 14.8 Å². The molecule has 0 fully saturated rings. The quantitative estimate of drug-likeness (QED) is 0.149. The van der Waals surface area contributed by atoms with Crippen LogP contribution in [0, 0.1) is 6.92 Å². The number of aromatic nitrogens is 2. The summed E-state index contributed by atoms with van der Waals surface area (Å²) in [7, 11) is -9.53. The van der Waals surface area contributed by atoms with Crippen molar-refractivity contribution in [3.63, 3.8) is 0 Å². The van der Waals surface area contributed by atoms with Crippen molar-refractivity contribution >= 4 is 95.0 Å². The number of carbonyl (C=O) groups is 3. The first kappa shape index (κ1) is 33.4. The Hall–Kier alpha value is -4.92. The number of carboxylic acids is 1. The van der Waals surface area contributed by atoms with E-state index in [2.05, 4.69) is 30.6 Å². The van der Waals surface area contributed by atoms with Gasteiger partial charge >= 0.3 is 5.97 Å². The van der Waals surface area contributed by atoms with E-state index >= 15 is 0 Å². The smallest absolute Gasteiger partial charge is 0.355 e. The number of azo groups is 1. The van der Waals surface area contributed by atoms with E-state index in [1.54, 1.807) is 0 Å². The van der Waals surface area contributed by atoms with Crippen LogP contribution in [-0.4, -0.2) is 70.6 Å². The zero-order valence-corrected chi connectivity index (χ0v) is 26.4. The van der Waals surface area contributed by atoms with Crippen molar-refractivity contribution in [2.75, 3.05) is 10.3 Å². The van der Waals surface area contributed by atoms with E-state index in [0.29, 0.717) is 10.5 Å². The molecule has 0 aliphatic carbocycles. The number of fused-ring (bicyclic) bond motifs is 1. The van der Waals surface area contributed by atoms with Gasteiger partial charge in [0.15, 0.2) is 16.0 Å². The third-order valence-corrected chi connectivity index (χ3v) is 8.82. The molecule has 4 N–H and O–H groups in total. The van der Waals surface area contributed by atoms with Crippen LogP contribution in [0.1, 0.15) is 15.9 Å². The van der Waals surface area contributed by atoms with Gasteiger partial charge in [0, 0.05) is 11.3 Å². The van der Waals surface area contributed by atoms with E-state index in [-0.39, 0.29) is 38.3 Å². The average molecular weight is 723 g/mol. The van der Waals surface area contributed by atoms with Crippen LogP contribution in [0.4, 0.5) is 17.1 Å². The van der Waals surface area contributed by atoms with E-state index in [0.717, 1.165) is 36.4 Å². The number of carbonyl (C=O) groups excluding carboxylic acids is 2. The van der Waals surface area contributed by atoms with Gasteiger partial charge in [-0.05, 0) is 67.1 Å². The molecule has 1 aliphatic rings. The van der Waals surface area contributed by atoms with Crippen LogP contribution in [0.3, 0.4) is 0 Å². The summed E-state index contributed by atoms with van der Waals surface area (Å²) in [5, 5.41) is 23.9. The van der Waals surface area contributed by atoms with Crippen LogP contribution in [0.5, 0.6) is 0 Å². The second-order valence-corrected chi connectivity index (χ2v) is 13.1. The monoisotopic (exact) mass is 721 g/mol. The van der Waals surface area contributed by atoms with E-state index in [1.807, 2.05) is 0 Å². The number of nitrogens with one attached hydrogen (secondary N) is 1. The fourth-order valence-electron chi connectivity index (χ4n) is 4.27. The second-order valence-electron chi connectivity index (χ2n) is 9.60. The SMILES string of the molecule is Cc1cc(S(=O)(=O)O)ccc1N1N=C(C(=O)O)[C@@H](N=Nc2cc(NC(=O)c3ccc4nc(Cl)c(Cl)nc4c3)ccc2S(=O)(=O)O)C1=O. The van der Waals surface area contributed by atoms with Gasteiger partial charge in [0.25, 0.3) is 32.1 Å². The summed E-state index contributed by atoms with van der Waals surface area (Å²) in [4.78, 5) is 45.0. The molecule has 242 valence electrons. The maximum Gasteiger partial charge on any atom is 0.355 e. The third kappa shape index (κ3) is 6.94. The summed E-state index contributed by atoms with van der Waals surface area (Å²) < 4.78 is 66.1. The number of carboxylic acid groups (broad SMARTS) is 1. The molecule has 0 spiro atoms. The van der Waals surface area contributed by atoms with E-state index in [4.69, 9.17) is 23.2 Å². The number of nitrogens with zero attached hydrogens (tertiary/aromatic N) is 6. The number of anilines is 2. The first-order chi connectivity index (χ1) is 21.9. The van der Waals surface area contributed by atoms with Gasteiger partial charge in [-0.3, -0.25) is 18.7 Å². The first-order valence-electron chi connectivity index (χ1n) is 12.6. The van der Waals surface area contributed by atoms with Crippen molar-refractivity contribution in [3.05, 3.63) is 76.0 Å². The van der Waals surface area contributed by atoms with Gasteiger partial charge in [-0.2, -0.15) is 37.2 Å². The number of benzene rings is 3. The molecule has 0 saturated carbocycles. The van der Waals surface area contributed by atoms with Gasteiger partial charge < -0.3 is 10.4 Å². The molecule has 3 aromatic carbocycles. The fourth-order valence-corrected chi connectivity index (χ4v) is 5.71. The van der Waals surface area contributed by atoms with Crippen LogP contribution < -0.4 is 10.3 Å². The van der Waals surface area contributed by atoms with Gasteiger partial charge in [-0.1, -0.05) is 23.2 Å². The Labute approximate surface area is 274 Å². The Balaban J connectivity index is 1.46. The predicted molar refractivity (Wildman–Crippen MR) is 166 cm³/mol. The molecule has 2 heterocycles. The predicted octanol–water partition coefficient (Wildman–Crippen LogP) is 3.93. The second kappa shape index (κ2) is 12.4. The van der Waals surface area contributed by atoms with Gasteiger partial charge in [0.2, 0.25) is 6.04 Å². The molecule has 47 heavy (non-hydrogen) atoms. The minimum absolute atomic E-state index is 0.0322. The highest BCUT2D eigenvalue weighted by Crippen LogP contribution is 2.32. The average Bonchev–Trinajstić information content (AvgIpc) is 3.31. The van der Waals surface area contributed by atoms with Gasteiger partial charge in [-0.15, -0.1) is 0 Å². The fraction of sp³-hybridized carbons (Fsp3) is 0.0769. The van der Waals surface area contributed by atoms with E-state index in [1.165, 1.54) is 25.1 Å². The van der Waals surface area contributed by atoms with Crippen molar-refractivity contribution < 1.29 is 45.4 Å². The number of rotatable bonds is 8. The van der Waals surface area contributed by atoms with E-state index in [9.17, 15) is 45.4 Å². The number of amides is 2. The number of hydrazone groups is 1. The molecule has 4 aromatic rings. The minimum Gasteiger partial charge on any atom is -0.477 e. The number of aryl methyl sites for hydroxylation is 1. The maximum absolute atomic E-state index is 13.2. The largest absolute Gasteiger partial charge is 0.477 e. The number of hydrogen-bond acceptors (Lipinski definition) is 12. The molecule has 2 amide bonds. The lowest BCUT2D eigenvalue weighted by Crippen LogP contribution is -2.33. The highest BCUT2D eigenvalue weighted by atomic mass is 35.5. The summed E-state index contributed by atoms with van der Waals surface area (Å²) in [5.74, 6) is -3.44. The van der Waals surface area contributed by atoms with Crippen LogP contribution in [-0.2, 0) is 29.8 Å². The van der Waals surface area contributed by atoms with Gasteiger partial charge in [0.1, 0.15) is 10.6 Å². The first-order valence-corrected chi connectivity index (χ1v) is 16.3. The van der Waals surface area contributed by atoms with Crippen molar-refractivity contribution in [3.8, 4) is 0 Å². The molecular weight excluding hydrogens is 705 g/mol. The molecule has 0 bridgehead atoms. The number of aliphatic carboxylic acids is 1. The zero-order chi connectivity index (χ0) is 34.4. The van der Waals surface area contributed by atoms with E-state index < -0.39 is 65.3 Å². The van der Waals surface area contributed by atoms with Crippen molar-refractivity contribution in [2.45, 2.75) is 22.8 Å². The Morgan fingerprint density at radius 2 is 1.60 bits per heavy atom. The molecular formula is C26H17Cl2N7O10S2. The molecule has 1 aliphatic heterocycles. The molecule has 1 atom stereocenters. The highest BCUT2D eigenvalue weighted by Gasteiger charge is 2.41. The summed E-state index contributed by atoms with van der Waals surface area (Å²) in [6, 6.07) is 8.43. The lowest BCUT2D eigenvalue weighted by atomic mass is 10.1. The minimum atomic E-state index is -4.94. The molecule has 0 radical (unpaired) electrons. The topological polar surface area (TPSA) is 258 Å². The standard InChI is InChI=1S/C26H17Cl2N7O10S2/c1-11-8-14(46(40,41)42)4-6-18(11)35-25(37)20(21(34-35)26(38)39)33-32-17-10-13(3-7-19(17)47(43,44)45)29-24(36)12-2-5-15-16(9-12)31-23(28)22(27)30-15/h2-10,20H,1H3,(H,29,36)(H,38,39)(H,40,41,42)(H,43,44,45)/t20-/m1/s1. The molecule has 17 nitrogen and oxygen atoms in total. The molecule has 0 saturated heterocycles. The van der Waals surface area contributed by atoms with Crippen LogP contribution in [0.25, 0.3) is 11.0 Å². The summed E-state index contributed by atoms with van der Waals surface area (Å²) >= 11 is 11.8. The normalized spacial score (nSPS) is 15.3. The zero-order valence-electron chi connectivity index (χ0n) is 23.2. The van der Waals surface area contributed by atoms with Crippen LogP contribution in [0.15, 0.2) is 79.7 Å². The van der Waals surface area contributed by atoms with Crippen molar-refractivity contribution in [1.82, 2.24) is 9.97 Å².